The van der Waals surface area contributed by atoms with Gasteiger partial charge in [-0.25, -0.2) is 0 Å². The van der Waals surface area contributed by atoms with Gasteiger partial charge in [-0.3, -0.25) is 0 Å². The van der Waals surface area contributed by atoms with Gasteiger partial charge in [0.15, 0.2) is 0 Å². The predicted molar refractivity (Wildman–Crippen MR) is 85.5 cm³/mol. The highest BCUT2D eigenvalue weighted by Crippen LogP contribution is 2.34. The Morgan fingerprint density at radius 3 is 2.11 bits per heavy atom. The van der Waals surface area contributed by atoms with Gasteiger partial charge in [0.2, 0.25) is 0 Å². The van der Waals surface area contributed by atoms with Crippen LogP contribution in [0.4, 0.5) is 0 Å². The van der Waals surface area contributed by atoms with Crippen molar-refractivity contribution in [1.82, 2.24) is 4.90 Å². The molecule has 108 valence electrons. The molecule has 0 aromatic carbocycles. The van der Waals surface area contributed by atoms with Gasteiger partial charge < -0.3 is 4.90 Å². The van der Waals surface area contributed by atoms with E-state index in [1.807, 2.05) is 0 Å². The molecule has 0 heterocycles. The summed E-state index contributed by atoms with van der Waals surface area (Å²) in [7, 11) is 2.33. The second-order valence-corrected chi connectivity index (χ2v) is 7.04. The van der Waals surface area contributed by atoms with Crippen LogP contribution in [0.3, 0.4) is 0 Å². The first-order valence-corrected chi connectivity index (χ1v) is 9.02. The fraction of sp³-hybridized carbons (Fsp3) is 1.00. The Kier molecular flexibility index (Phi) is 7.86. The summed E-state index contributed by atoms with van der Waals surface area (Å²) in [5.74, 6) is 0.978. The molecule has 1 fully saturated rings. The third-order valence-electron chi connectivity index (χ3n) is 4.49. The van der Waals surface area contributed by atoms with E-state index in [1.54, 1.807) is 0 Å². The second kappa shape index (κ2) is 8.58. The second-order valence-electron chi connectivity index (χ2n) is 6.48. The van der Waals surface area contributed by atoms with Crippen molar-refractivity contribution in [2.45, 2.75) is 65.2 Å². The fourth-order valence-electron chi connectivity index (χ4n) is 3.79. The molecule has 0 radical (unpaired) electrons. The van der Waals surface area contributed by atoms with Gasteiger partial charge in [0.25, 0.3) is 0 Å². The summed E-state index contributed by atoms with van der Waals surface area (Å²) >= 11 is 3.79. The molecule has 1 rings (SSSR count). The molecule has 2 heteroatoms. The van der Waals surface area contributed by atoms with Crippen molar-refractivity contribution >= 4 is 15.9 Å². The van der Waals surface area contributed by atoms with Crippen LogP contribution < -0.4 is 0 Å². The van der Waals surface area contributed by atoms with E-state index in [2.05, 4.69) is 41.7 Å². The van der Waals surface area contributed by atoms with Crippen molar-refractivity contribution in [3.05, 3.63) is 0 Å². The lowest BCUT2D eigenvalue weighted by Gasteiger charge is -2.36. The normalized spacial score (nSPS) is 17.8. The van der Waals surface area contributed by atoms with E-state index >= 15 is 0 Å². The maximum Gasteiger partial charge on any atom is 0.0100 e. The molecule has 18 heavy (non-hydrogen) atoms. The number of rotatable bonds is 9. The molecule has 0 amide bonds. The summed E-state index contributed by atoms with van der Waals surface area (Å²) in [4.78, 5) is 2.61. The molecule has 0 atom stereocenters. The minimum Gasteiger partial charge on any atom is -0.306 e. The maximum absolute atomic E-state index is 3.79. The number of halogens is 1. The van der Waals surface area contributed by atoms with Gasteiger partial charge in [-0.2, -0.15) is 0 Å². The standard InChI is InChI=1S/C16H32BrN/c1-4-10-16(13-17,11-5-2)14-18(3)12-15-8-6-7-9-15/h15H,4-14H2,1-3H3. The highest BCUT2D eigenvalue weighted by molar-refractivity contribution is 9.09. The first kappa shape index (κ1) is 16.5. The van der Waals surface area contributed by atoms with Crippen LogP contribution in [0.2, 0.25) is 0 Å². The van der Waals surface area contributed by atoms with Gasteiger partial charge in [-0.15, -0.1) is 0 Å². The topological polar surface area (TPSA) is 3.24 Å². The minimum atomic E-state index is 0.511. The monoisotopic (exact) mass is 317 g/mol. The van der Waals surface area contributed by atoms with Gasteiger partial charge in [0.05, 0.1) is 0 Å². The Labute approximate surface area is 123 Å². The largest absolute Gasteiger partial charge is 0.306 e. The number of nitrogens with zero attached hydrogens (tertiary/aromatic N) is 1. The third kappa shape index (κ3) is 5.21. The maximum atomic E-state index is 3.79. The highest BCUT2D eigenvalue weighted by atomic mass is 79.9. The van der Waals surface area contributed by atoms with E-state index in [1.165, 1.54) is 64.5 Å². The van der Waals surface area contributed by atoms with Crippen molar-refractivity contribution in [3.63, 3.8) is 0 Å². The molecular formula is C16H32BrN. The van der Waals surface area contributed by atoms with E-state index in [0.717, 1.165) is 11.2 Å². The molecule has 0 N–H and O–H groups in total. The van der Waals surface area contributed by atoms with Crippen molar-refractivity contribution in [1.29, 1.82) is 0 Å². The lowest BCUT2D eigenvalue weighted by atomic mass is 9.80. The molecule has 0 unspecified atom stereocenters. The number of alkyl halides is 1. The lowest BCUT2D eigenvalue weighted by molar-refractivity contribution is 0.155. The van der Waals surface area contributed by atoms with E-state index in [4.69, 9.17) is 0 Å². The SMILES string of the molecule is CCCC(CBr)(CCC)CN(C)CC1CCCC1. The summed E-state index contributed by atoms with van der Waals surface area (Å²) in [6, 6.07) is 0. The Hall–Kier alpha value is 0.440. The zero-order chi connectivity index (χ0) is 13.4. The van der Waals surface area contributed by atoms with Crippen LogP contribution in [0.5, 0.6) is 0 Å². The highest BCUT2D eigenvalue weighted by Gasteiger charge is 2.29. The predicted octanol–water partition coefficient (Wildman–Crippen LogP) is 5.09. The smallest absolute Gasteiger partial charge is 0.0100 e. The third-order valence-corrected chi connectivity index (χ3v) is 5.68. The van der Waals surface area contributed by atoms with Crippen LogP contribution in [0, 0.1) is 11.3 Å². The van der Waals surface area contributed by atoms with Crippen LogP contribution in [0.25, 0.3) is 0 Å². The molecule has 0 bridgehead atoms. The van der Waals surface area contributed by atoms with Crippen molar-refractivity contribution in [3.8, 4) is 0 Å². The summed E-state index contributed by atoms with van der Waals surface area (Å²) in [6.07, 6.45) is 11.2. The lowest BCUT2D eigenvalue weighted by Crippen LogP contribution is -2.39. The Morgan fingerprint density at radius 2 is 1.67 bits per heavy atom. The van der Waals surface area contributed by atoms with Gasteiger partial charge in [-0.1, -0.05) is 55.5 Å². The zero-order valence-corrected chi connectivity index (χ0v) is 14.3. The molecular weight excluding hydrogens is 286 g/mol. The van der Waals surface area contributed by atoms with Gasteiger partial charge in [0, 0.05) is 18.4 Å². The van der Waals surface area contributed by atoms with Crippen LogP contribution in [-0.2, 0) is 0 Å². The summed E-state index contributed by atoms with van der Waals surface area (Å²) in [5.41, 5.74) is 0.511. The molecule has 0 aromatic rings. The molecule has 1 aliphatic carbocycles. The van der Waals surface area contributed by atoms with Crippen LogP contribution in [0.1, 0.15) is 65.2 Å². The van der Waals surface area contributed by atoms with Crippen LogP contribution in [0.15, 0.2) is 0 Å². The average Bonchev–Trinajstić information content (AvgIpc) is 2.82. The molecule has 1 nitrogen and oxygen atoms in total. The Morgan fingerprint density at radius 1 is 1.11 bits per heavy atom. The van der Waals surface area contributed by atoms with Gasteiger partial charge in [0.1, 0.15) is 0 Å². The fourth-order valence-corrected chi connectivity index (χ4v) is 4.53. The molecule has 0 saturated heterocycles. The average molecular weight is 318 g/mol. The molecule has 1 saturated carbocycles. The summed E-state index contributed by atoms with van der Waals surface area (Å²) in [5, 5.41) is 1.16. The summed E-state index contributed by atoms with van der Waals surface area (Å²) in [6.45, 7) is 7.24. The van der Waals surface area contributed by atoms with Gasteiger partial charge >= 0.3 is 0 Å². The first-order chi connectivity index (χ1) is 8.65. The van der Waals surface area contributed by atoms with Gasteiger partial charge in [-0.05, 0) is 44.1 Å². The molecule has 1 aliphatic rings. The van der Waals surface area contributed by atoms with E-state index in [-0.39, 0.29) is 0 Å². The Balaban J connectivity index is 2.46. The van der Waals surface area contributed by atoms with Crippen molar-refractivity contribution in [2.24, 2.45) is 11.3 Å². The van der Waals surface area contributed by atoms with Crippen molar-refractivity contribution < 1.29 is 0 Å². The minimum absolute atomic E-state index is 0.511. The van der Waals surface area contributed by atoms with E-state index in [9.17, 15) is 0 Å². The van der Waals surface area contributed by atoms with Crippen LogP contribution >= 0.6 is 15.9 Å². The quantitative estimate of drug-likeness (QED) is 0.535. The molecule has 0 spiro atoms. The van der Waals surface area contributed by atoms with E-state index < -0.39 is 0 Å². The van der Waals surface area contributed by atoms with E-state index in [0.29, 0.717) is 5.41 Å². The first-order valence-electron chi connectivity index (χ1n) is 7.90. The zero-order valence-electron chi connectivity index (χ0n) is 12.7. The Bertz CT molecular complexity index is 205. The molecule has 0 aromatic heterocycles. The summed E-state index contributed by atoms with van der Waals surface area (Å²) < 4.78 is 0. The van der Waals surface area contributed by atoms with Crippen molar-refractivity contribution in [2.75, 3.05) is 25.5 Å². The number of hydrogen-bond acceptors (Lipinski definition) is 1. The number of hydrogen-bond donors (Lipinski definition) is 0. The van der Waals surface area contributed by atoms with Crippen LogP contribution in [-0.4, -0.2) is 30.4 Å². The molecule has 0 aliphatic heterocycles.